The number of fused-ring (bicyclic) bond motifs is 1. The highest BCUT2D eigenvalue weighted by Gasteiger charge is 2.12. The van der Waals surface area contributed by atoms with Crippen molar-refractivity contribution in [3.8, 4) is 11.1 Å². The smallest absolute Gasteiger partial charge is 0.165 e. The molecule has 0 bridgehead atoms. The third-order valence-corrected chi connectivity index (χ3v) is 4.46. The SMILES string of the molecule is Cc1ccc(-c2cnn3c(Nc4cc(C)cc(C)c4)cc(C)nc23)cc1. The van der Waals surface area contributed by atoms with Gasteiger partial charge in [-0.15, -0.1) is 0 Å². The standard InChI is InChI=1S/C22H22N4/c1-14-5-7-18(8-6-14)20-13-23-26-21(12-17(4)24-22(20)26)25-19-10-15(2)9-16(3)11-19/h5-13,25H,1-4H3. The topological polar surface area (TPSA) is 42.2 Å². The van der Waals surface area contributed by atoms with Crippen molar-refractivity contribution in [2.24, 2.45) is 0 Å². The maximum atomic E-state index is 4.73. The van der Waals surface area contributed by atoms with E-state index in [0.29, 0.717) is 0 Å². The Hall–Kier alpha value is -3.14. The van der Waals surface area contributed by atoms with E-state index in [1.54, 1.807) is 0 Å². The molecular formula is C22H22N4. The Morgan fingerprint density at radius 2 is 1.50 bits per heavy atom. The van der Waals surface area contributed by atoms with E-state index in [2.05, 4.69) is 73.7 Å². The van der Waals surface area contributed by atoms with Gasteiger partial charge in [0.05, 0.1) is 6.20 Å². The van der Waals surface area contributed by atoms with Gasteiger partial charge < -0.3 is 5.32 Å². The lowest BCUT2D eigenvalue weighted by Crippen LogP contribution is -2.03. The lowest BCUT2D eigenvalue weighted by atomic mass is 10.1. The Morgan fingerprint density at radius 3 is 2.19 bits per heavy atom. The van der Waals surface area contributed by atoms with Gasteiger partial charge in [0.25, 0.3) is 0 Å². The number of hydrogen-bond acceptors (Lipinski definition) is 3. The van der Waals surface area contributed by atoms with E-state index in [1.165, 1.54) is 16.7 Å². The maximum absolute atomic E-state index is 4.73. The zero-order chi connectivity index (χ0) is 18.3. The van der Waals surface area contributed by atoms with Crippen LogP contribution < -0.4 is 5.32 Å². The molecule has 0 aliphatic heterocycles. The third kappa shape index (κ3) is 3.06. The van der Waals surface area contributed by atoms with Gasteiger partial charge in [-0.2, -0.15) is 9.61 Å². The number of benzene rings is 2. The minimum atomic E-state index is 0.862. The summed E-state index contributed by atoms with van der Waals surface area (Å²) < 4.78 is 1.87. The molecule has 0 spiro atoms. The molecule has 2 heterocycles. The first-order valence-corrected chi connectivity index (χ1v) is 8.77. The van der Waals surface area contributed by atoms with Gasteiger partial charge in [-0.1, -0.05) is 35.9 Å². The molecule has 130 valence electrons. The molecule has 0 fully saturated rings. The van der Waals surface area contributed by atoms with Gasteiger partial charge in [-0.05, 0) is 56.5 Å². The van der Waals surface area contributed by atoms with Crippen molar-refractivity contribution in [1.82, 2.24) is 14.6 Å². The highest BCUT2D eigenvalue weighted by molar-refractivity contribution is 5.78. The first kappa shape index (κ1) is 16.3. The van der Waals surface area contributed by atoms with Crippen molar-refractivity contribution in [2.75, 3.05) is 5.32 Å². The number of rotatable bonds is 3. The second-order valence-electron chi connectivity index (χ2n) is 6.94. The van der Waals surface area contributed by atoms with Crippen LogP contribution in [0.15, 0.2) is 54.7 Å². The van der Waals surface area contributed by atoms with E-state index in [-0.39, 0.29) is 0 Å². The van der Waals surface area contributed by atoms with Gasteiger partial charge in [0, 0.05) is 23.0 Å². The summed E-state index contributed by atoms with van der Waals surface area (Å²) in [5, 5.41) is 8.09. The Labute approximate surface area is 153 Å². The lowest BCUT2D eigenvalue weighted by Gasteiger charge is -2.11. The fourth-order valence-corrected chi connectivity index (χ4v) is 3.30. The van der Waals surface area contributed by atoms with Crippen molar-refractivity contribution >= 4 is 17.2 Å². The Morgan fingerprint density at radius 1 is 0.808 bits per heavy atom. The molecule has 2 aromatic carbocycles. The van der Waals surface area contributed by atoms with Crippen LogP contribution in [0.1, 0.15) is 22.4 Å². The van der Waals surface area contributed by atoms with Crippen LogP contribution in [0.5, 0.6) is 0 Å². The fourth-order valence-electron chi connectivity index (χ4n) is 3.30. The van der Waals surface area contributed by atoms with Crippen LogP contribution in [-0.2, 0) is 0 Å². The lowest BCUT2D eigenvalue weighted by molar-refractivity contribution is 0.937. The summed E-state index contributed by atoms with van der Waals surface area (Å²) in [5.74, 6) is 0.913. The number of nitrogens with zero attached hydrogens (tertiary/aromatic N) is 3. The molecule has 2 aromatic heterocycles. The highest BCUT2D eigenvalue weighted by atomic mass is 15.3. The minimum absolute atomic E-state index is 0.862. The second kappa shape index (κ2) is 6.30. The average Bonchev–Trinajstić information content (AvgIpc) is 2.98. The van der Waals surface area contributed by atoms with Crippen molar-refractivity contribution < 1.29 is 0 Å². The maximum Gasteiger partial charge on any atom is 0.165 e. The van der Waals surface area contributed by atoms with Gasteiger partial charge >= 0.3 is 0 Å². The molecule has 1 N–H and O–H groups in total. The van der Waals surface area contributed by atoms with Crippen molar-refractivity contribution in [3.63, 3.8) is 0 Å². The van der Waals surface area contributed by atoms with E-state index in [1.807, 2.05) is 23.7 Å². The van der Waals surface area contributed by atoms with Crippen molar-refractivity contribution in [3.05, 3.63) is 77.1 Å². The van der Waals surface area contributed by atoms with Crippen LogP contribution in [0.2, 0.25) is 0 Å². The molecule has 0 radical (unpaired) electrons. The summed E-state index contributed by atoms with van der Waals surface area (Å²) in [6.45, 7) is 8.32. The van der Waals surface area contributed by atoms with Crippen LogP contribution in [0.3, 0.4) is 0 Å². The minimum Gasteiger partial charge on any atom is -0.340 e. The first-order chi connectivity index (χ1) is 12.5. The molecule has 0 saturated heterocycles. The quantitative estimate of drug-likeness (QED) is 0.544. The monoisotopic (exact) mass is 342 g/mol. The van der Waals surface area contributed by atoms with Crippen LogP contribution in [0.4, 0.5) is 11.5 Å². The number of anilines is 2. The van der Waals surface area contributed by atoms with Crippen LogP contribution in [0, 0.1) is 27.7 Å². The Bertz CT molecular complexity index is 1070. The molecule has 0 amide bonds. The molecular weight excluding hydrogens is 320 g/mol. The molecule has 0 atom stereocenters. The van der Waals surface area contributed by atoms with Crippen LogP contribution in [-0.4, -0.2) is 14.6 Å². The van der Waals surface area contributed by atoms with Crippen LogP contribution in [0.25, 0.3) is 16.8 Å². The second-order valence-corrected chi connectivity index (χ2v) is 6.94. The molecule has 4 nitrogen and oxygen atoms in total. The number of aromatic nitrogens is 3. The molecule has 4 heteroatoms. The predicted octanol–water partition coefficient (Wildman–Crippen LogP) is 5.37. The molecule has 4 rings (SSSR count). The van der Waals surface area contributed by atoms with Crippen molar-refractivity contribution in [2.45, 2.75) is 27.7 Å². The van der Waals surface area contributed by atoms with Gasteiger partial charge in [-0.3, -0.25) is 0 Å². The average molecular weight is 342 g/mol. The van der Waals surface area contributed by atoms with Gasteiger partial charge in [0.15, 0.2) is 5.65 Å². The first-order valence-electron chi connectivity index (χ1n) is 8.77. The summed E-state index contributed by atoms with van der Waals surface area (Å²) in [4.78, 5) is 4.73. The summed E-state index contributed by atoms with van der Waals surface area (Å²) in [7, 11) is 0. The molecule has 0 unspecified atom stereocenters. The Kier molecular flexibility index (Phi) is 3.96. The highest BCUT2D eigenvalue weighted by Crippen LogP contribution is 2.27. The van der Waals surface area contributed by atoms with Gasteiger partial charge in [-0.25, -0.2) is 4.98 Å². The normalized spacial score (nSPS) is 11.1. The zero-order valence-corrected chi connectivity index (χ0v) is 15.5. The molecule has 0 saturated carbocycles. The summed E-state index contributed by atoms with van der Waals surface area (Å²) in [6, 6.07) is 16.9. The fraction of sp³-hybridized carbons (Fsp3) is 0.182. The largest absolute Gasteiger partial charge is 0.340 e. The molecule has 4 aromatic rings. The van der Waals surface area contributed by atoms with Crippen molar-refractivity contribution in [1.29, 1.82) is 0 Å². The van der Waals surface area contributed by atoms with Gasteiger partial charge in [0.1, 0.15) is 5.82 Å². The zero-order valence-electron chi connectivity index (χ0n) is 15.5. The van der Waals surface area contributed by atoms with E-state index < -0.39 is 0 Å². The summed E-state index contributed by atoms with van der Waals surface area (Å²) in [6.07, 6.45) is 1.89. The van der Waals surface area contributed by atoms with E-state index in [9.17, 15) is 0 Å². The van der Waals surface area contributed by atoms with Crippen LogP contribution >= 0.6 is 0 Å². The van der Waals surface area contributed by atoms with Gasteiger partial charge in [0.2, 0.25) is 0 Å². The summed E-state index contributed by atoms with van der Waals surface area (Å²) >= 11 is 0. The number of nitrogens with one attached hydrogen (secondary N) is 1. The van der Waals surface area contributed by atoms with E-state index in [4.69, 9.17) is 4.98 Å². The number of hydrogen-bond donors (Lipinski definition) is 1. The Balaban J connectivity index is 1.82. The van der Waals surface area contributed by atoms with E-state index >= 15 is 0 Å². The summed E-state index contributed by atoms with van der Waals surface area (Å²) in [5.41, 5.74) is 8.75. The molecule has 0 aliphatic carbocycles. The molecule has 0 aliphatic rings. The molecule has 26 heavy (non-hydrogen) atoms. The number of aryl methyl sites for hydroxylation is 4. The predicted molar refractivity (Wildman–Crippen MR) is 107 cm³/mol. The third-order valence-electron chi connectivity index (χ3n) is 4.46. The van der Waals surface area contributed by atoms with E-state index in [0.717, 1.165) is 34.0 Å².